The monoisotopic (exact) mass is 316 g/mol. The van der Waals surface area contributed by atoms with Gasteiger partial charge in [0.15, 0.2) is 0 Å². The average Bonchev–Trinajstić information content (AvgIpc) is 2.42. The lowest BCUT2D eigenvalue weighted by atomic mass is 10.0. The Morgan fingerprint density at radius 3 is 2.57 bits per heavy atom. The number of fused-ring (bicyclic) bond motifs is 1. The molecule has 0 aliphatic heterocycles. The highest BCUT2D eigenvalue weighted by molar-refractivity contribution is 8.00. The Morgan fingerprint density at radius 2 is 1.90 bits per heavy atom. The maximum absolute atomic E-state index is 12.1. The molecule has 1 N–H and O–H groups in total. The lowest BCUT2D eigenvalue weighted by Gasteiger charge is -2.16. The van der Waals surface area contributed by atoms with Crippen LogP contribution in [0.2, 0.25) is 0 Å². The standard InChI is InChI=1S/C15H15F3O2S/c1-10(19)12-7-6-11-4-2-3-5-13(11)14(12)20-8-9-21-15(16,17)18/h2-7,10,19H,8-9H2,1H3/t10-/m1/s1. The number of ether oxygens (including phenoxy) is 1. The zero-order chi connectivity index (χ0) is 15.5. The molecule has 0 aliphatic rings. The van der Waals surface area contributed by atoms with Crippen molar-refractivity contribution in [2.24, 2.45) is 0 Å². The van der Waals surface area contributed by atoms with Crippen molar-refractivity contribution >= 4 is 22.5 Å². The molecule has 114 valence electrons. The molecule has 0 spiro atoms. The predicted molar refractivity (Wildman–Crippen MR) is 78.6 cm³/mol. The Kier molecular flexibility index (Phi) is 5.00. The largest absolute Gasteiger partial charge is 0.492 e. The molecular weight excluding hydrogens is 301 g/mol. The second-order valence-corrected chi connectivity index (χ2v) is 5.68. The first-order chi connectivity index (χ1) is 9.88. The molecule has 21 heavy (non-hydrogen) atoms. The number of halogens is 3. The van der Waals surface area contributed by atoms with Gasteiger partial charge in [0, 0.05) is 16.7 Å². The van der Waals surface area contributed by atoms with E-state index in [1.54, 1.807) is 13.0 Å². The van der Waals surface area contributed by atoms with E-state index in [-0.39, 0.29) is 24.1 Å². The third kappa shape index (κ3) is 4.28. The van der Waals surface area contributed by atoms with Crippen LogP contribution in [0, 0.1) is 0 Å². The van der Waals surface area contributed by atoms with Crippen molar-refractivity contribution in [3.05, 3.63) is 42.0 Å². The van der Waals surface area contributed by atoms with Gasteiger partial charge >= 0.3 is 5.51 Å². The molecule has 6 heteroatoms. The molecule has 2 aromatic rings. The Hall–Kier alpha value is -1.40. The van der Waals surface area contributed by atoms with Gasteiger partial charge in [-0.3, -0.25) is 0 Å². The average molecular weight is 316 g/mol. The lowest BCUT2D eigenvalue weighted by molar-refractivity contribution is -0.0329. The minimum atomic E-state index is -4.25. The molecule has 2 rings (SSSR count). The van der Waals surface area contributed by atoms with Gasteiger partial charge in [0.1, 0.15) is 5.75 Å². The molecule has 0 unspecified atom stereocenters. The summed E-state index contributed by atoms with van der Waals surface area (Å²) in [5.74, 6) is 0.261. The van der Waals surface area contributed by atoms with E-state index < -0.39 is 11.6 Å². The van der Waals surface area contributed by atoms with Gasteiger partial charge in [-0.1, -0.05) is 36.4 Å². The third-order valence-corrected chi connectivity index (χ3v) is 3.65. The Morgan fingerprint density at radius 1 is 1.19 bits per heavy atom. The van der Waals surface area contributed by atoms with Gasteiger partial charge in [0.25, 0.3) is 0 Å². The van der Waals surface area contributed by atoms with Crippen LogP contribution < -0.4 is 4.74 Å². The smallest absolute Gasteiger partial charge is 0.441 e. The number of alkyl halides is 3. The van der Waals surface area contributed by atoms with Gasteiger partial charge < -0.3 is 9.84 Å². The minimum Gasteiger partial charge on any atom is -0.492 e. The fourth-order valence-corrected chi connectivity index (χ4v) is 2.45. The van der Waals surface area contributed by atoms with Crippen molar-refractivity contribution in [2.45, 2.75) is 18.5 Å². The molecule has 2 nitrogen and oxygen atoms in total. The van der Waals surface area contributed by atoms with Crippen LogP contribution in [0.25, 0.3) is 10.8 Å². The second-order valence-electron chi connectivity index (χ2n) is 4.52. The van der Waals surface area contributed by atoms with Gasteiger partial charge in [0.05, 0.1) is 12.7 Å². The number of rotatable bonds is 5. The van der Waals surface area contributed by atoms with Crippen molar-refractivity contribution in [3.63, 3.8) is 0 Å². The van der Waals surface area contributed by atoms with Crippen LogP contribution in [-0.4, -0.2) is 23.0 Å². The fraction of sp³-hybridized carbons (Fsp3) is 0.333. The van der Waals surface area contributed by atoms with E-state index in [0.29, 0.717) is 11.3 Å². The van der Waals surface area contributed by atoms with E-state index in [1.165, 1.54) is 0 Å². The van der Waals surface area contributed by atoms with E-state index in [4.69, 9.17) is 4.74 Å². The summed E-state index contributed by atoms with van der Waals surface area (Å²) in [6.45, 7) is 1.53. The zero-order valence-electron chi connectivity index (χ0n) is 11.4. The van der Waals surface area contributed by atoms with Crippen LogP contribution in [0.1, 0.15) is 18.6 Å². The number of hydrogen-bond donors (Lipinski definition) is 1. The Labute approximate surface area is 124 Å². The molecule has 0 saturated heterocycles. The molecule has 0 saturated carbocycles. The Balaban J connectivity index is 2.21. The van der Waals surface area contributed by atoms with Crippen molar-refractivity contribution in [2.75, 3.05) is 12.4 Å². The van der Waals surface area contributed by atoms with E-state index in [1.807, 2.05) is 30.3 Å². The van der Waals surface area contributed by atoms with Crippen molar-refractivity contribution in [3.8, 4) is 5.75 Å². The highest BCUT2D eigenvalue weighted by atomic mass is 32.2. The molecule has 2 aromatic carbocycles. The summed E-state index contributed by atoms with van der Waals surface area (Å²) in [6, 6.07) is 11.0. The van der Waals surface area contributed by atoms with Crippen LogP contribution in [0.3, 0.4) is 0 Å². The summed E-state index contributed by atoms with van der Waals surface area (Å²) in [7, 11) is 0. The van der Waals surface area contributed by atoms with Crippen LogP contribution >= 0.6 is 11.8 Å². The highest BCUT2D eigenvalue weighted by Crippen LogP contribution is 2.34. The second kappa shape index (κ2) is 6.58. The van der Waals surface area contributed by atoms with E-state index in [0.717, 1.165) is 10.8 Å². The van der Waals surface area contributed by atoms with Crippen molar-refractivity contribution in [1.82, 2.24) is 0 Å². The Bertz CT molecular complexity index is 611. The van der Waals surface area contributed by atoms with Crippen molar-refractivity contribution < 1.29 is 23.0 Å². The lowest BCUT2D eigenvalue weighted by Crippen LogP contribution is -2.09. The van der Waals surface area contributed by atoms with Gasteiger partial charge in [-0.15, -0.1) is 0 Å². The van der Waals surface area contributed by atoms with Crippen LogP contribution in [0.4, 0.5) is 13.2 Å². The highest BCUT2D eigenvalue weighted by Gasteiger charge is 2.27. The van der Waals surface area contributed by atoms with Gasteiger partial charge in [-0.25, -0.2) is 0 Å². The van der Waals surface area contributed by atoms with Crippen LogP contribution in [0.15, 0.2) is 36.4 Å². The summed E-state index contributed by atoms with van der Waals surface area (Å²) in [4.78, 5) is 0. The maximum Gasteiger partial charge on any atom is 0.441 e. The first-order valence-corrected chi connectivity index (χ1v) is 7.40. The third-order valence-electron chi connectivity index (χ3n) is 2.96. The number of aliphatic hydroxyl groups is 1. The van der Waals surface area contributed by atoms with Gasteiger partial charge in [-0.05, 0) is 24.1 Å². The quantitative estimate of drug-likeness (QED) is 0.822. The van der Waals surface area contributed by atoms with Crippen molar-refractivity contribution in [1.29, 1.82) is 0 Å². The predicted octanol–water partition coefficient (Wildman–Crippen LogP) is 4.52. The summed E-state index contributed by atoms with van der Waals surface area (Å²) in [5.41, 5.74) is -3.68. The van der Waals surface area contributed by atoms with Gasteiger partial charge in [0.2, 0.25) is 0 Å². The first kappa shape index (κ1) is 16.0. The van der Waals surface area contributed by atoms with E-state index in [9.17, 15) is 18.3 Å². The normalized spacial score (nSPS) is 13.4. The number of aliphatic hydroxyl groups excluding tert-OH is 1. The zero-order valence-corrected chi connectivity index (χ0v) is 12.2. The first-order valence-electron chi connectivity index (χ1n) is 6.41. The topological polar surface area (TPSA) is 29.5 Å². The summed E-state index contributed by atoms with van der Waals surface area (Å²) in [5, 5.41) is 11.5. The fourth-order valence-electron chi connectivity index (χ4n) is 2.05. The summed E-state index contributed by atoms with van der Waals surface area (Å²) in [6.07, 6.45) is -0.750. The molecular formula is C15H15F3O2S. The number of hydrogen-bond acceptors (Lipinski definition) is 3. The maximum atomic E-state index is 12.1. The summed E-state index contributed by atoms with van der Waals surface area (Å²) >= 11 is -0.115. The molecule has 1 atom stereocenters. The van der Waals surface area contributed by atoms with E-state index in [2.05, 4.69) is 0 Å². The SMILES string of the molecule is C[C@@H](O)c1ccc2ccccc2c1OCCSC(F)(F)F. The minimum absolute atomic E-state index is 0.0715. The molecule has 0 heterocycles. The van der Waals surface area contributed by atoms with Gasteiger partial charge in [-0.2, -0.15) is 13.2 Å². The van der Waals surface area contributed by atoms with Crippen LogP contribution in [-0.2, 0) is 0 Å². The molecule has 0 aliphatic carbocycles. The molecule has 0 radical (unpaired) electrons. The van der Waals surface area contributed by atoms with E-state index >= 15 is 0 Å². The summed E-state index contributed by atoms with van der Waals surface area (Å²) < 4.78 is 41.9. The molecule has 0 aromatic heterocycles. The van der Waals surface area contributed by atoms with Crippen LogP contribution in [0.5, 0.6) is 5.75 Å². The number of benzene rings is 2. The number of thioether (sulfide) groups is 1. The molecule has 0 amide bonds. The molecule has 0 bridgehead atoms. The molecule has 0 fully saturated rings.